The molecule has 1 heterocycles. The molecule has 112 valence electrons. The number of aryl methyl sites for hydroxylation is 1. The van der Waals surface area contributed by atoms with Crippen LogP contribution in [-0.2, 0) is 11.3 Å². The fourth-order valence-electron chi connectivity index (χ4n) is 1.96. The van der Waals surface area contributed by atoms with Crippen molar-refractivity contribution in [3.8, 4) is 5.75 Å². The normalized spacial score (nSPS) is 10.3. The van der Waals surface area contributed by atoms with Crippen molar-refractivity contribution in [2.75, 3.05) is 13.2 Å². The second-order valence-corrected chi connectivity index (χ2v) is 4.81. The third kappa shape index (κ3) is 6.12. The number of unbranched alkanes of at least 4 members (excludes halogenated alkanes) is 2. The van der Waals surface area contributed by atoms with Gasteiger partial charge in [0.05, 0.1) is 6.33 Å². The fraction of sp³-hybridized carbons (Fsp3) is 0.375. The van der Waals surface area contributed by atoms with Crippen LogP contribution in [0.3, 0.4) is 0 Å². The lowest BCUT2D eigenvalue weighted by molar-refractivity contribution is -0.123. The Kier molecular flexibility index (Phi) is 6.32. The zero-order chi connectivity index (χ0) is 14.8. The van der Waals surface area contributed by atoms with E-state index in [0.717, 1.165) is 25.8 Å². The van der Waals surface area contributed by atoms with Gasteiger partial charge in [0.25, 0.3) is 5.91 Å². The predicted molar refractivity (Wildman–Crippen MR) is 81.0 cm³/mol. The number of nitrogens with one attached hydrogen (secondary N) is 1. The third-order valence-corrected chi connectivity index (χ3v) is 3.09. The van der Waals surface area contributed by atoms with Crippen molar-refractivity contribution in [1.29, 1.82) is 0 Å². The first-order chi connectivity index (χ1) is 10.3. The second-order valence-electron chi connectivity index (χ2n) is 4.81. The van der Waals surface area contributed by atoms with E-state index in [1.165, 1.54) is 0 Å². The standard InChI is InChI=1S/C16H21N3O2/c20-16(13-21-15-7-3-1-4-8-15)18-9-5-2-6-11-19-12-10-17-14-19/h1,3-4,7-8,10,12,14H,2,5-6,9,11,13H2,(H,18,20). The van der Waals surface area contributed by atoms with Gasteiger partial charge in [-0.2, -0.15) is 0 Å². The van der Waals surface area contributed by atoms with Gasteiger partial charge in [0, 0.05) is 25.5 Å². The molecule has 0 spiro atoms. The largest absolute Gasteiger partial charge is 0.484 e. The van der Waals surface area contributed by atoms with Crippen LogP contribution >= 0.6 is 0 Å². The molecule has 2 rings (SSSR count). The van der Waals surface area contributed by atoms with Gasteiger partial charge in [-0.15, -0.1) is 0 Å². The molecule has 0 bridgehead atoms. The van der Waals surface area contributed by atoms with Gasteiger partial charge in [-0.1, -0.05) is 18.2 Å². The van der Waals surface area contributed by atoms with E-state index in [1.54, 1.807) is 6.20 Å². The summed E-state index contributed by atoms with van der Waals surface area (Å²) < 4.78 is 7.43. The minimum atomic E-state index is -0.0755. The van der Waals surface area contributed by atoms with E-state index in [4.69, 9.17) is 4.74 Å². The van der Waals surface area contributed by atoms with Crippen LogP contribution in [0.4, 0.5) is 0 Å². The van der Waals surface area contributed by atoms with Crippen LogP contribution < -0.4 is 10.1 Å². The Morgan fingerprint density at radius 1 is 1.19 bits per heavy atom. The highest BCUT2D eigenvalue weighted by Gasteiger charge is 2.01. The van der Waals surface area contributed by atoms with Crippen molar-refractivity contribution in [3.63, 3.8) is 0 Å². The number of carbonyl (C=O) groups is 1. The van der Waals surface area contributed by atoms with E-state index in [1.807, 2.05) is 42.9 Å². The molecule has 0 saturated heterocycles. The highest BCUT2D eigenvalue weighted by Crippen LogP contribution is 2.07. The van der Waals surface area contributed by atoms with Gasteiger partial charge < -0.3 is 14.6 Å². The Morgan fingerprint density at radius 3 is 2.81 bits per heavy atom. The van der Waals surface area contributed by atoms with E-state index < -0.39 is 0 Å². The van der Waals surface area contributed by atoms with Gasteiger partial charge in [0.1, 0.15) is 5.75 Å². The van der Waals surface area contributed by atoms with Crippen molar-refractivity contribution >= 4 is 5.91 Å². The van der Waals surface area contributed by atoms with Crippen molar-refractivity contribution in [2.24, 2.45) is 0 Å². The number of benzene rings is 1. The number of carbonyl (C=O) groups excluding carboxylic acids is 1. The number of hydrogen-bond donors (Lipinski definition) is 1. The topological polar surface area (TPSA) is 56.1 Å². The van der Waals surface area contributed by atoms with Crippen LogP contribution in [0.1, 0.15) is 19.3 Å². The van der Waals surface area contributed by atoms with Gasteiger partial charge in [0.2, 0.25) is 0 Å². The summed E-state index contributed by atoms with van der Waals surface area (Å²) in [5, 5.41) is 2.86. The molecule has 5 heteroatoms. The lowest BCUT2D eigenvalue weighted by Gasteiger charge is -2.07. The lowest BCUT2D eigenvalue weighted by Crippen LogP contribution is -2.29. The van der Waals surface area contributed by atoms with Crippen molar-refractivity contribution in [2.45, 2.75) is 25.8 Å². The summed E-state index contributed by atoms with van der Waals surface area (Å²) in [5.41, 5.74) is 0. The van der Waals surface area contributed by atoms with E-state index in [2.05, 4.69) is 14.9 Å². The molecular weight excluding hydrogens is 266 g/mol. The first-order valence-corrected chi connectivity index (χ1v) is 7.25. The highest BCUT2D eigenvalue weighted by atomic mass is 16.5. The van der Waals surface area contributed by atoms with Gasteiger partial charge >= 0.3 is 0 Å². The Labute approximate surface area is 125 Å². The van der Waals surface area contributed by atoms with Crippen LogP contribution in [0.25, 0.3) is 0 Å². The molecule has 5 nitrogen and oxygen atoms in total. The Bertz CT molecular complexity index is 512. The average molecular weight is 287 g/mol. The maximum atomic E-state index is 11.6. The number of rotatable bonds is 9. The maximum absolute atomic E-state index is 11.6. The molecule has 0 radical (unpaired) electrons. The van der Waals surface area contributed by atoms with Gasteiger partial charge in [-0.25, -0.2) is 4.98 Å². The zero-order valence-corrected chi connectivity index (χ0v) is 12.1. The Morgan fingerprint density at radius 2 is 2.05 bits per heavy atom. The first-order valence-electron chi connectivity index (χ1n) is 7.25. The molecule has 0 aliphatic heterocycles. The number of amides is 1. The predicted octanol–water partition coefficient (Wildman–Crippen LogP) is 2.25. The highest BCUT2D eigenvalue weighted by molar-refractivity contribution is 5.77. The number of aromatic nitrogens is 2. The van der Waals surface area contributed by atoms with Gasteiger partial charge in [-0.3, -0.25) is 4.79 Å². The summed E-state index contributed by atoms with van der Waals surface area (Å²) in [4.78, 5) is 15.6. The number of nitrogens with zero attached hydrogens (tertiary/aromatic N) is 2. The summed E-state index contributed by atoms with van der Waals surface area (Å²) >= 11 is 0. The monoisotopic (exact) mass is 287 g/mol. The molecule has 1 aromatic carbocycles. The molecule has 0 aliphatic carbocycles. The minimum absolute atomic E-state index is 0.0685. The lowest BCUT2D eigenvalue weighted by atomic mass is 10.2. The summed E-state index contributed by atoms with van der Waals surface area (Å²) in [6.07, 6.45) is 8.72. The van der Waals surface area contributed by atoms with Crippen LogP contribution in [0.15, 0.2) is 49.1 Å². The summed E-state index contributed by atoms with van der Waals surface area (Å²) in [7, 11) is 0. The molecule has 0 aliphatic rings. The molecule has 1 aromatic heterocycles. The van der Waals surface area contributed by atoms with Crippen molar-refractivity contribution in [1.82, 2.24) is 14.9 Å². The molecule has 0 saturated carbocycles. The van der Waals surface area contributed by atoms with E-state index in [9.17, 15) is 4.79 Å². The fourth-order valence-corrected chi connectivity index (χ4v) is 1.96. The van der Waals surface area contributed by atoms with Crippen LogP contribution in [-0.4, -0.2) is 28.6 Å². The molecule has 21 heavy (non-hydrogen) atoms. The molecule has 2 aromatic rings. The minimum Gasteiger partial charge on any atom is -0.484 e. The quantitative estimate of drug-likeness (QED) is 0.720. The van der Waals surface area contributed by atoms with E-state index >= 15 is 0 Å². The molecule has 0 atom stereocenters. The molecule has 1 amide bonds. The van der Waals surface area contributed by atoms with E-state index in [-0.39, 0.29) is 12.5 Å². The smallest absolute Gasteiger partial charge is 0.257 e. The van der Waals surface area contributed by atoms with Crippen molar-refractivity contribution < 1.29 is 9.53 Å². The molecular formula is C16H21N3O2. The summed E-state index contributed by atoms with van der Waals surface area (Å²) in [5.74, 6) is 0.640. The zero-order valence-electron chi connectivity index (χ0n) is 12.1. The van der Waals surface area contributed by atoms with Crippen LogP contribution in [0.2, 0.25) is 0 Å². The summed E-state index contributed by atoms with van der Waals surface area (Å²) in [6, 6.07) is 9.35. The Hall–Kier alpha value is -2.30. The molecule has 1 N–H and O–H groups in total. The third-order valence-electron chi connectivity index (χ3n) is 3.09. The van der Waals surface area contributed by atoms with Crippen molar-refractivity contribution in [3.05, 3.63) is 49.1 Å². The van der Waals surface area contributed by atoms with Gasteiger partial charge in [0.15, 0.2) is 6.61 Å². The van der Waals surface area contributed by atoms with Crippen LogP contribution in [0, 0.1) is 0 Å². The Balaban J connectivity index is 1.47. The average Bonchev–Trinajstić information content (AvgIpc) is 3.03. The van der Waals surface area contributed by atoms with Crippen LogP contribution in [0.5, 0.6) is 5.75 Å². The SMILES string of the molecule is O=C(COc1ccccc1)NCCCCCn1ccnc1. The number of ether oxygens (including phenoxy) is 1. The number of para-hydroxylation sites is 1. The second kappa shape index (κ2) is 8.79. The van der Waals surface area contributed by atoms with E-state index in [0.29, 0.717) is 12.3 Å². The first kappa shape index (κ1) is 15.1. The number of imidazole rings is 1. The maximum Gasteiger partial charge on any atom is 0.257 e. The summed E-state index contributed by atoms with van der Waals surface area (Å²) in [6.45, 7) is 1.74. The van der Waals surface area contributed by atoms with Gasteiger partial charge in [-0.05, 0) is 31.4 Å². The molecule has 0 fully saturated rings. The molecule has 0 unspecified atom stereocenters. The number of hydrogen-bond acceptors (Lipinski definition) is 3.